The van der Waals surface area contributed by atoms with E-state index in [1.165, 1.54) is 5.56 Å². The van der Waals surface area contributed by atoms with Gasteiger partial charge >= 0.3 is 0 Å². The SMILES string of the molecule is CNc1nc(C)cc(NC(C)Cc2ccccc2)n1. The molecule has 0 radical (unpaired) electrons. The van der Waals surface area contributed by atoms with Crippen molar-refractivity contribution in [2.45, 2.75) is 26.3 Å². The molecule has 0 fully saturated rings. The van der Waals surface area contributed by atoms with Gasteiger partial charge < -0.3 is 10.6 Å². The quantitative estimate of drug-likeness (QED) is 0.863. The van der Waals surface area contributed by atoms with Gasteiger partial charge in [0.05, 0.1) is 0 Å². The fourth-order valence-corrected chi connectivity index (χ4v) is 2.03. The molecule has 0 aliphatic heterocycles. The van der Waals surface area contributed by atoms with Crippen molar-refractivity contribution in [1.29, 1.82) is 0 Å². The van der Waals surface area contributed by atoms with E-state index in [1.54, 1.807) is 0 Å². The van der Waals surface area contributed by atoms with Crippen LogP contribution in [0.2, 0.25) is 0 Å². The van der Waals surface area contributed by atoms with Gasteiger partial charge in [0, 0.05) is 24.8 Å². The molecule has 1 aromatic heterocycles. The Bertz CT molecular complexity index is 525. The second-order valence-corrected chi connectivity index (χ2v) is 4.70. The minimum Gasteiger partial charge on any atom is -0.367 e. The van der Waals surface area contributed by atoms with Gasteiger partial charge in [0.25, 0.3) is 0 Å². The summed E-state index contributed by atoms with van der Waals surface area (Å²) < 4.78 is 0. The first kappa shape index (κ1) is 13.3. The summed E-state index contributed by atoms with van der Waals surface area (Å²) in [6.07, 6.45) is 0.971. The number of hydrogen-bond acceptors (Lipinski definition) is 4. The van der Waals surface area contributed by atoms with E-state index in [9.17, 15) is 0 Å². The summed E-state index contributed by atoms with van der Waals surface area (Å²) in [6, 6.07) is 12.7. The lowest BCUT2D eigenvalue weighted by molar-refractivity contribution is 0.783. The van der Waals surface area contributed by atoms with Crippen LogP contribution in [0.25, 0.3) is 0 Å². The number of anilines is 2. The van der Waals surface area contributed by atoms with Crippen LogP contribution in [-0.2, 0) is 6.42 Å². The van der Waals surface area contributed by atoms with E-state index in [0.717, 1.165) is 17.9 Å². The van der Waals surface area contributed by atoms with Crippen LogP contribution in [0.15, 0.2) is 36.4 Å². The molecule has 2 N–H and O–H groups in total. The molecular weight excluding hydrogens is 236 g/mol. The van der Waals surface area contributed by atoms with Gasteiger partial charge in [-0.05, 0) is 25.8 Å². The second-order valence-electron chi connectivity index (χ2n) is 4.70. The van der Waals surface area contributed by atoms with Crippen molar-refractivity contribution in [1.82, 2.24) is 9.97 Å². The fraction of sp³-hybridized carbons (Fsp3) is 0.333. The maximum absolute atomic E-state index is 4.40. The van der Waals surface area contributed by atoms with Crippen molar-refractivity contribution in [3.63, 3.8) is 0 Å². The van der Waals surface area contributed by atoms with E-state index in [2.05, 4.69) is 51.8 Å². The van der Waals surface area contributed by atoms with Gasteiger partial charge in [0.1, 0.15) is 5.82 Å². The Morgan fingerprint density at radius 2 is 1.89 bits per heavy atom. The van der Waals surface area contributed by atoms with Crippen molar-refractivity contribution < 1.29 is 0 Å². The summed E-state index contributed by atoms with van der Waals surface area (Å²) in [5, 5.41) is 6.38. The predicted octanol–water partition coefficient (Wildman–Crippen LogP) is 2.87. The molecule has 19 heavy (non-hydrogen) atoms. The van der Waals surface area contributed by atoms with Crippen LogP contribution in [0.3, 0.4) is 0 Å². The maximum Gasteiger partial charge on any atom is 0.224 e. The van der Waals surface area contributed by atoms with Crippen molar-refractivity contribution in [3.8, 4) is 0 Å². The molecule has 4 nitrogen and oxygen atoms in total. The average molecular weight is 256 g/mol. The van der Waals surface area contributed by atoms with Crippen molar-refractivity contribution >= 4 is 11.8 Å². The van der Waals surface area contributed by atoms with Crippen LogP contribution in [0.4, 0.5) is 11.8 Å². The lowest BCUT2D eigenvalue weighted by Gasteiger charge is -2.15. The van der Waals surface area contributed by atoms with Crippen LogP contribution in [0.1, 0.15) is 18.2 Å². The molecule has 4 heteroatoms. The highest BCUT2D eigenvalue weighted by Crippen LogP contribution is 2.12. The van der Waals surface area contributed by atoms with Crippen LogP contribution in [0.5, 0.6) is 0 Å². The number of nitrogens with zero attached hydrogens (tertiary/aromatic N) is 2. The first-order valence-corrected chi connectivity index (χ1v) is 6.51. The van der Waals surface area contributed by atoms with Gasteiger partial charge in [-0.15, -0.1) is 0 Å². The Labute approximate surface area is 114 Å². The zero-order valence-corrected chi connectivity index (χ0v) is 11.6. The highest BCUT2D eigenvalue weighted by atomic mass is 15.1. The summed E-state index contributed by atoms with van der Waals surface area (Å²) in [5.41, 5.74) is 2.27. The number of hydrogen-bond donors (Lipinski definition) is 2. The summed E-state index contributed by atoms with van der Waals surface area (Å²) >= 11 is 0. The van der Waals surface area contributed by atoms with Crippen molar-refractivity contribution in [2.24, 2.45) is 0 Å². The predicted molar refractivity (Wildman–Crippen MR) is 79.5 cm³/mol. The van der Waals surface area contributed by atoms with E-state index >= 15 is 0 Å². The zero-order chi connectivity index (χ0) is 13.7. The van der Waals surface area contributed by atoms with E-state index in [1.807, 2.05) is 26.1 Å². The Morgan fingerprint density at radius 3 is 2.58 bits per heavy atom. The molecule has 0 amide bonds. The van der Waals surface area contributed by atoms with E-state index in [4.69, 9.17) is 0 Å². The third-order valence-electron chi connectivity index (χ3n) is 2.86. The highest BCUT2D eigenvalue weighted by Gasteiger charge is 2.06. The van der Waals surface area contributed by atoms with E-state index in [0.29, 0.717) is 12.0 Å². The zero-order valence-electron chi connectivity index (χ0n) is 11.6. The number of aromatic nitrogens is 2. The molecule has 0 saturated heterocycles. The van der Waals surface area contributed by atoms with Gasteiger partial charge in [0.2, 0.25) is 5.95 Å². The summed E-state index contributed by atoms with van der Waals surface area (Å²) in [4.78, 5) is 8.68. The highest BCUT2D eigenvalue weighted by molar-refractivity contribution is 5.42. The third-order valence-corrected chi connectivity index (χ3v) is 2.86. The second kappa shape index (κ2) is 6.18. The molecule has 0 saturated carbocycles. The largest absolute Gasteiger partial charge is 0.367 e. The Balaban J connectivity index is 2.02. The molecule has 0 bridgehead atoms. The lowest BCUT2D eigenvalue weighted by atomic mass is 10.1. The van der Waals surface area contributed by atoms with Gasteiger partial charge in [-0.3, -0.25) is 0 Å². The van der Waals surface area contributed by atoms with Crippen LogP contribution in [0, 0.1) is 6.92 Å². The molecule has 1 aromatic carbocycles. The standard InChI is InChI=1S/C15H20N4/c1-11(9-13-7-5-4-6-8-13)17-14-10-12(2)18-15(16-3)19-14/h4-8,10-11H,9H2,1-3H3,(H2,16,17,18,19). The normalized spacial score (nSPS) is 11.9. The molecule has 0 spiro atoms. The van der Waals surface area contributed by atoms with Crippen molar-refractivity contribution in [3.05, 3.63) is 47.7 Å². The molecule has 1 heterocycles. The van der Waals surface area contributed by atoms with Gasteiger partial charge in [-0.1, -0.05) is 30.3 Å². The molecule has 0 aliphatic carbocycles. The van der Waals surface area contributed by atoms with Gasteiger partial charge in [-0.2, -0.15) is 4.98 Å². The van der Waals surface area contributed by atoms with Crippen LogP contribution >= 0.6 is 0 Å². The number of benzene rings is 1. The Hall–Kier alpha value is -2.10. The van der Waals surface area contributed by atoms with Gasteiger partial charge in [0.15, 0.2) is 0 Å². The monoisotopic (exact) mass is 256 g/mol. The molecule has 1 atom stereocenters. The molecule has 2 rings (SSSR count). The summed E-state index contributed by atoms with van der Waals surface area (Å²) in [5.74, 6) is 1.51. The van der Waals surface area contributed by atoms with E-state index < -0.39 is 0 Å². The lowest BCUT2D eigenvalue weighted by Crippen LogP contribution is -2.19. The molecule has 0 aliphatic rings. The number of aryl methyl sites for hydroxylation is 1. The van der Waals surface area contributed by atoms with Crippen molar-refractivity contribution in [2.75, 3.05) is 17.7 Å². The number of rotatable bonds is 5. The fourth-order valence-electron chi connectivity index (χ4n) is 2.03. The number of nitrogens with one attached hydrogen (secondary N) is 2. The molecular formula is C15H20N4. The van der Waals surface area contributed by atoms with Gasteiger partial charge in [-0.25, -0.2) is 4.98 Å². The topological polar surface area (TPSA) is 49.8 Å². The molecule has 2 aromatic rings. The molecule has 1 unspecified atom stereocenters. The minimum atomic E-state index is 0.321. The van der Waals surface area contributed by atoms with Crippen LogP contribution in [-0.4, -0.2) is 23.1 Å². The summed E-state index contributed by atoms with van der Waals surface area (Å²) in [6.45, 7) is 4.12. The van der Waals surface area contributed by atoms with E-state index in [-0.39, 0.29) is 0 Å². The average Bonchev–Trinajstić information content (AvgIpc) is 2.38. The Kier molecular flexibility index (Phi) is 4.34. The smallest absolute Gasteiger partial charge is 0.224 e. The first-order valence-electron chi connectivity index (χ1n) is 6.51. The maximum atomic E-state index is 4.40. The molecule has 100 valence electrons. The summed E-state index contributed by atoms with van der Waals surface area (Å²) in [7, 11) is 1.83. The Morgan fingerprint density at radius 1 is 1.16 bits per heavy atom. The minimum absolute atomic E-state index is 0.321. The first-order chi connectivity index (χ1) is 9.17. The third kappa shape index (κ3) is 3.95. The van der Waals surface area contributed by atoms with Crippen LogP contribution < -0.4 is 10.6 Å².